The summed E-state index contributed by atoms with van der Waals surface area (Å²) in [6.45, 7) is 1.41. The van der Waals surface area contributed by atoms with E-state index in [1.807, 2.05) is 36.4 Å². The van der Waals surface area contributed by atoms with Crippen LogP contribution in [0.4, 0.5) is 0 Å². The van der Waals surface area contributed by atoms with Crippen LogP contribution in [0.3, 0.4) is 0 Å². The zero-order valence-electron chi connectivity index (χ0n) is 9.97. The van der Waals surface area contributed by atoms with Gasteiger partial charge in [-0.3, -0.25) is 9.78 Å². The lowest BCUT2D eigenvalue weighted by molar-refractivity contribution is -0.121. The van der Waals surface area contributed by atoms with Gasteiger partial charge in [-0.05, 0) is 12.1 Å². The number of carbonyl (C=O) groups is 1. The monoisotopic (exact) mass is 241 g/mol. The molecule has 3 rings (SSSR count). The highest BCUT2D eigenvalue weighted by Gasteiger charge is 2.33. The van der Waals surface area contributed by atoms with E-state index >= 15 is 0 Å². The number of fused-ring (bicyclic) bond motifs is 1. The first-order chi connectivity index (χ1) is 8.75. The fourth-order valence-corrected chi connectivity index (χ4v) is 2.58. The van der Waals surface area contributed by atoms with Crippen LogP contribution in [0.2, 0.25) is 0 Å². The van der Waals surface area contributed by atoms with E-state index in [0.717, 1.165) is 23.1 Å². The second kappa shape index (κ2) is 4.38. The van der Waals surface area contributed by atoms with Crippen LogP contribution in [0.5, 0.6) is 0 Å². The molecule has 0 bridgehead atoms. The molecular formula is C14H15N3O. The van der Waals surface area contributed by atoms with Crippen molar-refractivity contribution in [2.45, 2.75) is 5.92 Å². The standard InChI is InChI=1S/C14H15N3O/c15-14(18)11-8-16-7-10(11)13-6-5-9-3-1-2-4-12(9)17-13/h1-6,10-11,16H,7-8H2,(H2,15,18). The highest BCUT2D eigenvalue weighted by Crippen LogP contribution is 2.27. The van der Waals surface area contributed by atoms with Crippen LogP contribution in [0.15, 0.2) is 36.4 Å². The number of hydrogen-bond acceptors (Lipinski definition) is 3. The number of primary amides is 1. The van der Waals surface area contributed by atoms with E-state index in [1.54, 1.807) is 0 Å². The van der Waals surface area contributed by atoms with Crippen LogP contribution >= 0.6 is 0 Å². The molecule has 4 nitrogen and oxygen atoms in total. The second-order valence-electron chi connectivity index (χ2n) is 4.70. The van der Waals surface area contributed by atoms with Gasteiger partial charge in [-0.2, -0.15) is 0 Å². The minimum absolute atomic E-state index is 0.0899. The first-order valence-corrected chi connectivity index (χ1v) is 6.11. The number of nitrogens with one attached hydrogen (secondary N) is 1. The van der Waals surface area contributed by atoms with Crippen LogP contribution < -0.4 is 11.1 Å². The SMILES string of the molecule is NC(=O)C1CNCC1c1ccc2ccccc2n1. The van der Waals surface area contributed by atoms with Crippen LogP contribution in [0.25, 0.3) is 10.9 Å². The molecule has 1 aliphatic heterocycles. The Labute approximate surface area is 105 Å². The molecule has 2 heterocycles. The summed E-state index contributed by atoms with van der Waals surface area (Å²) in [6, 6.07) is 12.0. The lowest BCUT2D eigenvalue weighted by Crippen LogP contribution is -2.28. The normalized spacial score (nSPS) is 23.3. The Morgan fingerprint density at radius 1 is 1.22 bits per heavy atom. The quantitative estimate of drug-likeness (QED) is 0.825. The number of aromatic nitrogens is 1. The van der Waals surface area contributed by atoms with E-state index in [4.69, 9.17) is 5.73 Å². The minimum atomic E-state index is -0.250. The van der Waals surface area contributed by atoms with Crippen LogP contribution in [0.1, 0.15) is 11.6 Å². The molecule has 0 spiro atoms. The summed E-state index contributed by atoms with van der Waals surface area (Å²) in [7, 11) is 0. The molecule has 1 aromatic heterocycles. The maximum Gasteiger partial charge on any atom is 0.222 e. The maximum atomic E-state index is 11.4. The van der Waals surface area contributed by atoms with Crippen molar-refractivity contribution in [1.29, 1.82) is 0 Å². The third-order valence-electron chi connectivity index (χ3n) is 3.58. The van der Waals surface area contributed by atoms with Gasteiger partial charge in [0.1, 0.15) is 0 Å². The van der Waals surface area contributed by atoms with E-state index < -0.39 is 0 Å². The van der Waals surface area contributed by atoms with Crippen molar-refractivity contribution in [2.24, 2.45) is 11.7 Å². The number of benzene rings is 1. The summed E-state index contributed by atoms with van der Waals surface area (Å²) in [4.78, 5) is 16.0. The van der Waals surface area contributed by atoms with E-state index in [1.165, 1.54) is 0 Å². The van der Waals surface area contributed by atoms with E-state index in [0.29, 0.717) is 6.54 Å². The number of nitrogens with zero attached hydrogens (tertiary/aromatic N) is 1. The molecule has 1 aromatic carbocycles. The molecule has 2 atom stereocenters. The van der Waals surface area contributed by atoms with Crippen LogP contribution in [-0.4, -0.2) is 24.0 Å². The number of nitrogens with two attached hydrogens (primary N) is 1. The van der Waals surface area contributed by atoms with Gasteiger partial charge >= 0.3 is 0 Å². The minimum Gasteiger partial charge on any atom is -0.369 e. The predicted octanol–water partition coefficient (Wildman–Crippen LogP) is 1.02. The smallest absolute Gasteiger partial charge is 0.222 e. The Morgan fingerprint density at radius 3 is 2.89 bits per heavy atom. The Balaban J connectivity index is 2.01. The van der Waals surface area contributed by atoms with Crippen LogP contribution in [0, 0.1) is 5.92 Å². The Kier molecular flexibility index (Phi) is 2.72. The number of pyridine rings is 1. The summed E-state index contributed by atoms with van der Waals surface area (Å²) in [5.74, 6) is -0.314. The second-order valence-corrected chi connectivity index (χ2v) is 4.70. The highest BCUT2D eigenvalue weighted by molar-refractivity contribution is 5.80. The van der Waals surface area contributed by atoms with Crippen LogP contribution in [-0.2, 0) is 4.79 Å². The summed E-state index contributed by atoms with van der Waals surface area (Å²) < 4.78 is 0. The summed E-state index contributed by atoms with van der Waals surface area (Å²) in [5, 5.41) is 4.32. The summed E-state index contributed by atoms with van der Waals surface area (Å²) in [6.07, 6.45) is 0. The summed E-state index contributed by atoms with van der Waals surface area (Å²) >= 11 is 0. The largest absolute Gasteiger partial charge is 0.369 e. The van der Waals surface area contributed by atoms with Crippen molar-refractivity contribution in [1.82, 2.24) is 10.3 Å². The maximum absolute atomic E-state index is 11.4. The molecule has 4 heteroatoms. The van der Waals surface area contributed by atoms with Gasteiger partial charge < -0.3 is 11.1 Å². The molecule has 1 amide bonds. The Bertz CT molecular complexity index is 596. The van der Waals surface area contributed by atoms with Crippen molar-refractivity contribution in [3.8, 4) is 0 Å². The number of rotatable bonds is 2. The molecule has 18 heavy (non-hydrogen) atoms. The van der Waals surface area contributed by atoms with Gasteiger partial charge in [0, 0.05) is 30.1 Å². The molecule has 1 aliphatic rings. The molecular weight excluding hydrogens is 226 g/mol. The van der Waals surface area contributed by atoms with Crippen molar-refractivity contribution >= 4 is 16.8 Å². The van der Waals surface area contributed by atoms with Gasteiger partial charge in [-0.25, -0.2) is 0 Å². The average molecular weight is 241 g/mol. The molecule has 0 radical (unpaired) electrons. The topological polar surface area (TPSA) is 68.0 Å². The molecule has 2 unspecified atom stereocenters. The van der Waals surface area contributed by atoms with Gasteiger partial charge in [0.25, 0.3) is 0 Å². The number of hydrogen-bond donors (Lipinski definition) is 2. The third kappa shape index (κ3) is 1.84. The van der Waals surface area contributed by atoms with Crippen molar-refractivity contribution < 1.29 is 4.79 Å². The number of para-hydroxylation sites is 1. The Morgan fingerprint density at radius 2 is 2.06 bits per heavy atom. The lowest BCUT2D eigenvalue weighted by Gasteiger charge is -2.15. The molecule has 0 saturated carbocycles. The van der Waals surface area contributed by atoms with Gasteiger partial charge in [0.05, 0.1) is 11.4 Å². The van der Waals surface area contributed by atoms with Gasteiger partial charge in [-0.1, -0.05) is 24.3 Å². The fourth-order valence-electron chi connectivity index (χ4n) is 2.58. The first-order valence-electron chi connectivity index (χ1n) is 6.11. The molecule has 0 aliphatic carbocycles. The van der Waals surface area contributed by atoms with Gasteiger partial charge in [-0.15, -0.1) is 0 Å². The number of carbonyl (C=O) groups excluding carboxylic acids is 1. The van der Waals surface area contributed by atoms with Crippen molar-refractivity contribution in [2.75, 3.05) is 13.1 Å². The van der Waals surface area contributed by atoms with E-state index in [2.05, 4.69) is 10.3 Å². The molecule has 1 fully saturated rings. The molecule has 92 valence electrons. The third-order valence-corrected chi connectivity index (χ3v) is 3.58. The fraction of sp³-hybridized carbons (Fsp3) is 0.286. The molecule has 1 saturated heterocycles. The van der Waals surface area contributed by atoms with Crippen molar-refractivity contribution in [3.63, 3.8) is 0 Å². The first kappa shape index (κ1) is 11.2. The highest BCUT2D eigenvalue weighted by atomic mass is 16.1. The summed E-state index contributed by atoms with van der Waals surface area (Å²) in [5.41, 5.74) is 7.34. The van der Waals surface area contributed by atoms with E-state index in [-0.39, 0.29) is 17.7 Å². The average Bonchev–Trinajstić information content (AvgIpc) is 2.87. The molecule has 3 N–H and O–H groups in total. The van der Waals surface area contributed by atoms with Crippen molar-refractivity contribution in [3.05, 3.63) is 42.1 Å². The zero-order valence-corrected chi connectivity index (χ0v) is 9.97. The predicted molar refractivity (Wildman–Crippen MR) is 70.0 cm³/mol. The zero-order chi connectivity index (χ0) is 12.5. The molecule has 2 aromatic rings. The van der Waals surface area contributed by atoms with Gasteiger partial charge in [0.15, 0.2) is 0 Å². The van der Waals surface area contributed by atoms with E-state index in [9.17, 15) is 4.79 Å². The Hall–Kier alpha value is -1.94. The van der Waals surface area contributed by atoms with Gasteiger partial charge in [0.2, 0.25) is 5.91 Å². The number of amides is 1. The lowest BCUT2D eigenvalue weighted by atomic mass is 9.91.